The van der Waals surface area contributed by atoms with Crippen molar-refractivity contribution in [2.45, 2.75) is 12.8 Å². The Balaban J connectivity index is 1.58. The van der Waals surface area contributed by atoms with E-state index < -0.39 is 0 Å². The highest BCUT2D eigenvalue weighted by Gasteiger charge is 2.18. The van der Waals surface area contributed by atoms with Crippen molar-refractivity contribution in [3.05, 3.63) is 90.5 Å². The number of rotatable bonds is 8. The van der Waals surface area contributed by atoms with Crippen molar-refractivity contribution in [1.29, 1.82) is 0 Å². The third-order valence-electron chi connectivity index (χ3n) is 4.36. The molecule has 0 saturated carbocycles. The van der Waals surface area contributed by atoms with Gasteiger partial charge in [-0.05, 0) is 54.1 Å². The van der Waals surface area contributed by atoms with Crippen LogP contribution in [0.1, 0.15) is 18.4 Å². The Hall–Kier alpha value is -3.93. The van der Waals surface area contributed by atoms with E-state index in [1.807, 2.05) is 84.9 Å². The van der Waals surface area contributed by atoms with Crippen molar-refractivity contribution < 1.29 is 14.3 Å². The van der Waals surface area contributed by atoms with Crippen molar-refractivity contribution in [3.8, 4) is 5.75 Å². The minimum absolute atomic E-state index is 0.0367. The molecule has 6 nitrogen and oxygen atoms in total. The summed E-state index contributed by atoms with van der Waals surface area (Å²) in [7, 11) is 1.60. The predicted octanol–water partition coefficient (Wildman–Crippen LogP) is 4.29. The molecule has 3 aromatic carbocycles. The minimum Gasteiger partial charge on any atom is -0.497 e. The average Bonchev–Trinajstić information content (AvgIpc) is 2.80. The lowest BCUT2D eigenvalue weighted by atomic mass is 10.2. The van der Waals surface area contributed by atoms with Crippen molar-refractivity contribution in [2.24, 2.45) is 5.10 Å². The van der Waals surface area contributed by atoms with Crippen LogP contribution < -0.4 is 15.1 Å². The van der Waals surface area contributed by atoms with Crippen LogP contribution in [0.5, 0.6) is 5.75 Å². The third kappa shape index (κ3) is 5.78. The standard InChI is InChI=1S/C24H23N3O3/c1-30-22-14-12-19(13-15-22)18-25-26-23(28)16-17-24(29)27(20-8-4-2-5-9-20)21-10-6-3-7-11-21/h2-15,18H,16-17H2,1H3,(H,26,28). The molecule has 6 heteroatoms. The van der Waals surface area contributed by atoms with E-state index in [9.17, 15) is 9.59 Å². The number of hydrazone groups is 1. The summed E-state index contributed by atoms with van der Waals surface area (Å²) in [6, 6.07) is 26.0. The average molecular weight is 401 g/mol. The Morgan fingerprint density at radius 2 is 1.43 bits per heavy atom. The van der Waals surface area contributed by atoms with Crippen LogP contribution in [0.4, 0.5) is 11.4 Å². The lowest BCUT2D eigenvalue weighted by molar-refractivity contribution is -0.124. The molecule has 1 N–H and O–H groups in total. The highest BCUT2D eigenvalue weighted by atomic mass is 16.5. The quantitative estimate of drug-likeness (QED) is 0.452. The van der Waals surface area contributed by atoms with E-state index in [0.717, 1.165) is 22.7 Å². The highest BCUT2D eigenvalue weighted by molar-refractivity contribution is 6.01. The molecule has 0 aliphatic rings. The predicted molar refractivity (Wildman–Crippen MR) is 118 cm³/mol. The zero-order valence-electron chi connectivity index (χ0n) is 16.7. The van der Waals surface area contributed by atoms with Gasteiger partial charge in [-0.3, -0.25) is 14.5 Å². The molecule has 3 aromatic rings. The molecule has 0 atom stereocenters. The molecule has 0 spiro atoms. The fourth-order valence-corrected chi connectivity index (χ4v) is 2.85. The van der Waals surface area contributed by atoms with E-state index in [0.29, 0.717) is 0 Å². The number of para-hydroxylation sites is 2. The molecule has 0 heterocycles. The first-order chi connectivity index (χ1) is 14.7. The van der Waals surface area contributed by atoms with Gasteiger partial charge in [0.05, 0.1) is 13.3 Å². The second kappa shape index (κ2) is 10.6. The number of nitrogens with zero attached hydrogens (tertiary/aromatic N) is 2. The van der Waals surface area contributed by atoms with Crippen LogP contribution in [0.15, 0.2) is 90.0 Å². The zero-order valence-corrected chi connectivity index (χ0v) is 16.7. The topological polar surface area (TPSA) is 71.0 Å². The summed E-state index contributed by atoms with van der Waals surface area (Å²) < 4.78 is 5.10. The van der Waals surface area contributed by atoms with E-state index in [-0.39, 0.29) is 24.7 Å². The van der Waals surface area contributed by atoms with Crippen LogP contribution in [0, 0.1) is 0 Å². The van der Waals surface area contributed by atoms with Gasteiger partial charge in [0, 0.05) is 24.2 Å². The second-order valence-corrected chi connectivity index (χ2v) is 6.47. The number of amides is 2. The van der Waals surface area contributed by atoms with Gasteiger partial charge in [-0.1, -0.05) is 36.4 Å². The molecule has 0 saturated heterocycles. The van der Waals surface area contributed by atoms with Crippen LogP contribution in [0.3, 0.4) is 0 Å². The van der Waals surface area contributed by atoms with Crippen LogP contribution in [-0.2, 0) is 9.59 Å². The lowest BCUT2D eigenvalue weighted by Gasteiger charge is -2.23. The molecule has 0 fully saturated rings. The molecule has 0 aliphatic heterocycles. The summed E-state index contributed by atoms with van der Waals surface area (Å²) in [6.07, 6.45) is 1.64. The zero-order chi connectivity index (χ0) is 21.2. The number of methoxy groups -OCH3 is 1. The summed E-state index contributed by atoms with van der Waals surface area (Å²) >= 11 is 0. The van der Waals surface area contributed by atoms with Gasteiger partial charge in [0.25, 0.3) is 0 Å². The number of hydrogen-bond donors (Lipinski definition) is 1. The number of anilines is 2. The van der Waals surface area contributed by atoms with Gasteiger partial charge in [0.2, 0.25) is 11.8 Å². The van der Waals surface area contributed by atoms with Crippen molar-refractivity contribution >= 4 is 29.4 Å². The molecular formula is C24H23N3O3. The number of carbonyl (C=O) groups excluding carboxylic acids is 2. The van der Waals surface area contributed by atoms with E-state index >= 15 is 0 Å². The van der Waals surface area contributed by atoms with Crippen LogP contribution in [0.2, 0.25) is 0 Å². The largest absolute Gasteiger partial charge is 0.497 e. The number of nitrogens with one attached hydrogen (secondary N) is 1. The van der Waals surface area contributed by atoms with E-state index in [1.54, 1.807) is 18.2 Å². The normalized spacial score (nSPS) is 10.6. The maximum Gasteiger partial charge on any atom is 0.240 e. The summed E-state index contributed by atoms with van der Waals surface area (Å²) in [5, 5.41) is 3.95. The van der Waals surface area contributed by atoms with Gasteiger partial charge in [-0.2, -0.15) is 5.10 Å². The van der Waals surface area contributed by atoms with Crippen LogP contribution >= 0.6 is 0 Å². The van der Waals surface area contributed by atoms with Gasteiger partial charge in [-0.25, -0.2) is 5.43 Å². The van der Waals surface area contributed by atoms with Gasteiger partial charge in [-0.15, -0.1) is 0 Å². The van der Waals surface area contributed by atoms with Gasteiger partial charge in [0.1, 0.15) is 5.75 Å². The van der Waals surface area contributed by atoms with Gasteiger partial charge in [0.15, 0.2) is 0 Å². The third-order valence-corrected chi connectivity index (χ3v) is 4.36. The Morgan fingerprint density at radius 1 is 0.867 bits per heavy atom. The molecule has 152 valence electrons. The monoisotopic (exact) mass is 401 g/mol. The SMILES string of the molecule is COc1ccc(C=NNC(=O)CCC(=O)N(c2ccccc2)c2ccccc2)cc1. The molecule has 30 heavy (non-hydrogen) atoms. The Labute approximate surface area is 175 Å². The smallest absolute Gasteiger partial charge is 0.240 e. The Bertz CT molecular complexity index is 948. The fraction of sp³-hybridized carbons (Fsp3) is 0.125. The molecule has 0 unspecified atom stereocenters. The fourth-order valence-electron chi connectivity index (χ4n) is 2.85. The van der Waals surface area contributed by atoms with Crippen molar-refractivity contribution in [2.75, 3.05) is 12.0 Å². The minimum atomic E-state index is -0.325. The van der Waals surface area contributed by atoms with Crippen molar-refractivity contribution in [1.82, 2.24) is 5.43 Å². The maximum atomic E-state index is 12.9. The van der Waals surface area contributed by atoms with E-state index in [4.69, 9.17) is 4.74 Å². The maximum absolute atomic E-state index is 12.9. The molecule has 0 aliphatic carbocycles. The first kappa shape index (κ1) is 20.8. The number of benzene rings is 3. The van der Waals surface area contributed by atoms with E-state index in [2.05, 4.69) is 10.5 Å². The van der Waals surface area contributed by atoms with Crippen LogP contribution in [0.25, 0.3) is 0 Å². The first-order valence-corrected chi connectivity index (χ1v) is 9.56. The molecular weight excluding hydrogens is 378 g/mol. The second-order valence-electron chi connectivity index (χ2n) is 6.47. The Morgan fingerprint density at radius 3 is 1.97 bits per heavy atom. The van der Waals surface area contributed by atoms with Gasteiger partial charge < -0.3 is 4.74 Å². The molecule has 0 radical (unpaired) electrons. The van der Waals surface area contributed by atoms with E-state index in [1.165, 1.54) is 0 Å². The summed E-state index contributed by atoms with van der Waals surface area (Å²) in [5.41, 5.74) is 4.80. The number of hydrogen-bond acceptors (Lipinski definition) is 4. The summed E-state index contributed by atoms with van der Waals surface area (Å²) in [6.45, 7) is 0. The lowest BCUT2D eigenvalue weighted by Crippen LogP contribution is -2.27. The van der Waals surface area contributed by atoms with Crippen LogP contribution in [-0.4, -0.2) is 25.1 Å². The van der Waals surface area contributed by atoms with Crippen molar-refractivity contribution in [3.63, 3.8) is 0 Å². The summed E-state index contributed by atoms with van der Waals surface area (Å²) in [4.78, 5) is 26.6. The molecule has 3 rings (SSSR count). The summed E-state index contributed by atoms with van der Waals surface area (Å²) in [5.74, 6) is 0.256. The Kier molecular flexibility index (Phi) is 7.33. The molecule has 0 aromatic heterocycles. The van der Waals surface area contributed by atoms with Gasteiger partial charge >= 0.3 is 0 Å². The first-order valence-electron chi connectivity index (χ1n) is 9.56. The number of ether oxygens (including phenoxy) is 1. The number of carbonyl (C=O) groups is 2. The highest BCUT2D eigenvalue weighted by Crippen LogP contribution is 2.26. The molecule has 0 bridgehead atoms. The molecule has 2 amide bonds.